The molecule has 1 aromatic heterocycles. The van der Waals surface area contributed by atoms with Crippen LogP contribution >= 0.6 is 11.6 Å². The smallest absolute Gasteiger partial charge is 0.128 e. The maximum atomic E-state index is 5.86. The predicted octanol–water partition coefficient (Wildman–Crippen LogP) is 2.99. The average molecular weight is 269 g/mol. The highest BCUT2D eigenvalue weighted by atomic mass is 35.5. The number of nitrogens with zero attached hydrogens (tertiary/aromatic N) is 2. The summed E-state index contributed by atoms with van der Waals surface area (Å²) in [5, 5.41) is 0. The molecule has 2 unspecified atom stereocenters. The highest BCUT2D eigenvalue weighted by Crippen LogP contribution is 2.24. The molecule has 2 atom stereocenters. The molecule has 1 aromatic rings. The van der Waals surface area contributed by atoms with E-state index in [1.54, 1.807) is 7.11 Å². The topological polar surface area (TPSA) is 25.4 Å². The van der Waals surface area contributed by atoms with E-state index < -0.39 is 0 Å². The van der Waals surface area contributed by atoms with Gasteiger partial charge in [0.05, 0.1) is 6.10 Å². The summed E-state index contributed by atoms with van der Waals surface area (Å²) in [4.78, 5) is 6.95. The molecule has 0 spiro atoms. The van der Waals surface area contributed by atoms with Crippen molar-refractivity contribution in [1.29, 1.82) is 0 Å². The maximum absolute atomic E-state index is 5.86. The Balaban J connectivity index is 2.14. The Bertz CT molecular complexity index is 411. The molecule has 0 amide bonds. The highest BCUT2D eigenvalue weighted by Gasteiger charge is 2.26. The summed E-state index contributed by atoms with van der Waals surface area (Å²) in [7, 11) is 1.79. The molecule has 1 aliphatic heterocycles. The summed E-state index contributed by atoms with van der Waals surface area (Å²) < 4.78 is 5.54. The number of halogens is 1. The van der Waals surface area contributed by atoms with Crippen molar-refractivity contribution in [1.82, 2.24) is 4.98 Å². The Labute approximate surface area is 114 Å². The largest absolute Gasteiger partial charge is 0.379 e. The molecule has 0 aliphatic carbocycles. The number of rotatable bonds is 3. The third-order valence-electron chi connectivity index (χ3n) is 3.84. The molecule has 3 nitrogen and oxygen atoms in total. The molecule has 4 heteroatoms. The van der Waals surface area contributed by atoms with Gasteiger partial charge in [0.15, 0.2) is 0 Å². The van der Waals surface area contributed by atoms with Crippen molar-refractivity contribution < 1.29 is 4.74 Å². The van der Waals surface area contributed by atoms with Gasteiger partial charge in [0.2, 0.25) is 0 Å². The van der Waals surface area contributed by atoms with E-state index in [-0.39, 0.29) is 0 Å². The Kier molecular flexibility index (Phi) is 4.46. The molecule has 18 heavy (non-hydrogen) atoms. The molecule has 100 valence electrons. The number of hydrogen-bond acceptors (Lipinski definition) is 3. The lowest BCUT2D eigenvalue weighted by atomic mass is 9.96. The van der Waals surface area contributed by atoms with Crippen molar-refractivity contribution in [3.05, 3.63) is 23.4 Å². The quantitative estimate of drug-likeness (QED) is 0.788. The third kappa shape index (κ3) is 2.78. The summed E-state index contributed by atoms with van der Waals surface area (Å²) in [5.74, 6) is 2.18. The number of alkyl halides is 1. The minimum Gasteiger partial charge on any atom is -0.379 e. The number of ether oxygens (including phenoxy) is 1. The van der Waals surface area contributed by atoms with Crippen molar-refractivity contribution in [2.45, 2.75) is 32.3 Å². The minimum absolute atomic E-state index is 0.300. The lowest BCUT2D eigenvalue weighted by molar-refractivity contribution is 0.0496. The zero-order valence-electron chi connectivity index (χ0n) is 11.3. The van der Waals surface area contributed by atoms with Crippen molar-refractivity contribution in [3.8, 4) is 0 Å². The van der Waals surface area contributed by atoms with Crippen LogP contribution in [0.4, 0.5) is 5.82 Å². The molecule has 0 bridgehead atoms. The van der Waals surface area contributed by atoms with Crippen LogP contribution in [0.25, 0.3) is 0 Å². The van der Waals surface area contributed by atoms with E-state index in [1.807, 2.05) is 6.92 Å². The van der Waals surface area contributed by atoms with Gasteiger partial charge in [0, 0.05) is 31.8 Å². The van der Waals surface area contributed by atoms with Crippen molar-refractivity contribution in [2.24, 2.45) is 5.92 Å². The second kappa shape index (κ2) is 5.89. The minimum atomic E-state index is 0.300. The Morgan fingerprint density at radius 2 is 2.28 bits per heavy atom. The standard InChI is InChI=1S/C14H21ClN2O/c1-10-6-7-17(9-13(10)18-3)14-5-4-12(8-15)11(2)16-14/h4-5,10,13H,6-9H2,1-3H3. The monoisotopic (exact) mass is 268 g/mol. The molecule has 2 rings (SSSR count). The molecule has 1 fully saturated rings. The lowest BCUT2D eigenvalue weighted by Gasteiger charge is -2.37. The third-order valence-corrected chi connectivity index (χ3v) is 4.13. The van der Waals surface area contributed by atoms with Gasteiger partial charge in [-0.25, -0.2) is 4.98 Å². The zero-order chi connectivity index (χ0) is 13.1. The van der Waals surface area contributed by atoms with Crippen LogP contribution in [-0.4, -0.2) is 31.3 Å². The van der Waals surface area contributed by atoms with Crippen LogP contribution in [0.2, 0.25) is 0 Å². The number of piperidine rings is 1. The Morgan fingerprint density at radius 3 is 2.89 bits per heavy atom. The van der Waals surface area contributed by atoms with E-state index in [2.05, 4.69) is 28.9 Å². The molecule has 0 radical (unpaired) electrons. The van der Waals surface area contributed by atoms with E-state index in [0.717, 1.165) is 36.6 Å². The maximum Gasteiger partial charge on any atom is 0.128 e. The van der Waals surface area contributed by atoms with Crippen molar-refractivity contribution >= 4 is 17.4 Å². The summed E-state index contributed by atoms with van der Waals surface area (Å²) in [6, 6.07) is 4.14. The van der Waals surface area contributed by atoms with Crippen molar-refractivity contribution in [2.75, 3.05) is 25.1 Å². The van der Waals surface area contributed by atoms with Gasteiger partial charge in [-0.15, -0.1) is 11.6 Å². The number of anilines is 1. The van der Waals surface area contributed by atoms with Crippen LogP contribution in [-0.2, 0) is 10.6 Å². The fourth-order valence-corrected chi connectivity index (χ4v) is 2.73. The predicted molar refractivity (Wildman–Crippen MR) is 75.3 cm³/mol. The van der Waals surface area contributed by atoms with Crippen LogP contribution in [0.3, 0.4) is 0 Å². The van der Waals surface area contributed by atoms with Gasteiger partial charge >= 0.3 is 0 Å². The molecule has 0 N–H and O–H groups in total. The molecule has 0 saturated carbocycles. The normalized spacial score (nSPS) is 24.3. The van der Waals surface area contributed by atoms with Crippen LogP contribution in [0.5, 0.6) is 0 Å². The van der Waals surface area contributed by atoms with Crippen molar-refractivity contribution in [3.63, 3.8) is 0 Å². The number of aromatic nitrogens is 1. The Morgan fingerprint density at radius 1 is 1.50 bits per heavy atom. The molecule has 1 saturated heterocycles. The van der Waals surface area contributed by atoms with Gasteiger partial charge in [-0.2, -0.15) is 0 Å². The van der Waals surface area contributed by atoms with Gasteiger partial charge in [-0.1, -0.05) is 13.0 Å². The number of pyridine rings is 1. The van der Waals surface area contributed by atoms with Gasteiger partial charge in [-0.05, 0) is 30.9 Å². The van der Waals surface area contributed by atoms with Crippen LogP contribution in [0.1, 0.15) is 24.6 Å². The van der Waals surface area contributed by atoms with E-state index in [9.17, 15) is 0 Å². The Hall–Kier alpha value is -0.800. The summed E-state index contributed by atoms with van der Waals surface area (Å²) in [5.41, 5.74) is 2.13. The van der Waals surface area contributed by atoms with Gasteiger partial charge in [-0.3, -0.25) is 0 Å². The first kappa shape index (κ1) is 13.6. The second-order valence-electron chi connectivity index (χ2n) is 5.03. The van der Waals surface area contributed by atoms with E-state index >= 15 is 0 Å². The lowest BCUT2D eigenvalue weighted by Crippen LogP contribution is -2.44. The molecular weight excluding hydrogens is 248 g/mol. The van der Waals surface area contributed by atoms with Gasteiger partial charge < -0.3 is 9.64 Å². The van der Waals surface area contributed by atoms with Crippen LogP contribution < -0.4 is 4.90 Å². The van der Waals surface area contributed by atoms with Crippen LogP contribution in [0, 0.1) is 12.8 Å². The van der Waals surface area contributed by atoms with E-state index in [1.165, 1.54) is 0 Å². The van der Waals surface area contributed by atoms with E-state index in [0.29, 0.717) is 17.9 Å². The highest BCUT2D eigenvalue weighted by molar-refractivity contribution is 6.17. The van der Waals surface area contributed by atoms with Gasteiger partial charge in [0.25, 0.3) is 0 Å². The summed E-state index contributed by atoms with van der Waals surface area (Å²) >= 11 is 5.86. The first-order chi connectivity index (χ1) is 8.65. The summed E-state index contributed by atoms with van der Waals surface area (Å²) in [6.45, 7) is 6.24. The zero-order valence-corrected chi connectivity index (χ0v) is 12.1. The molecule has 2 heterocycles. The number of aryl methyl sites for hydroxylation is 1. The van der Waals surface area contributed by atoms with Gasteiger partial charge in [0.1, 0.15) is 5.82 Å². The molecule has 0 aromatic carbocycles. The average Bonchev–Trinajstić information content (AvgIpc) is 2.39. The second-order valence-corrected chi connectivity index (χ2v) is 5.30. The number of methoxy groups -OCH3 is 1. The number of hydrogen-bond donors (Lipinski definition) is 0. The van der Waals surface area contributed by atoms with Crippen LogP contribution in [0.15, 0.2) is 12.1 Å². The van der Waals surface area contributed by atoms with E-state index in [4.69, 9.17) is 16.3 Å². The summed E-state index contributed by atoms with van der Waals surface area (Å²) in [6.07, 6.45) is 1.45. The first-order valence-corrected chi connectivity index (χ1v) is 6.99. The SMILES string of the molecule is COC1CN(c2ccc(CCl)c(C)n2)CCC1C. The fourth-order valence-electron chi connectivity index (χ4n) is 2.44. The first-order valence-electron chi connectivity index (χ1n) is 6.46. The molecule has 1 aliphatic rings. The fraction of sp³-hybridized carbons (Fsp3) is 0.643. The molecular formula is C14H21ClN2O.